The van der Waals surface area contributed by atoms with Crippen molar-refractivity contribution in [2.45, 2.75) is 31.7 Å². The Balaban J connectivity index is 2.11. The molecular weight excluding hydrogens is 340 g/mol. The lowest BCUT2D eigenvalue weighted by molar-refractivity contribution is -0.144. The number of hydrogen-bond acceptors (Lipinski definition) is 6. The van der Waals surface area contributed by atoms with Gasteiger partial charge in [0.1, 0.15) is 0 Å². The molecular formula is C17H18N4O3S. The van der Waals surface area contributed by atoms with E-state index >= 15 is 0 Å². The Morgan fingerprint density at radius 2 is 2.12 bits per heavy atom. The quantitative estimate of drug-likeness (QED) is 0.382. The van der Waals surface area contributed by atoms with Gasteiger partial charge in [-0.2, -0.15) is 0 Å². The van der Waals surface area contributed by atoms with Crippen LogP contribution in [0.4, 0.5) is 0 Å². The molecule has 0 saturated carbocycles. The molecule has 2 heterocycles. The van der Waals surface area contributed by atoms with E-state index in [1.165, 1.54) is 16.3 Å². The van der Waals surface area contributed by atoms with Gasteiger partial charge in [0.05, 0.1) is 22.8 Å². The summed E-state index contributed by atoms with van der Waals surface area (Å²) < 4.78 is 8.44. The first kappa shape index (κ1) is 17.2. The molecule has 1 aromatic carbocycles. The van der Waals surface area contributed by atoms with E-state index in [1.807, 2.05) is 18.2 Å². The van der Waals surface area contributed by atoms with Crippen molar-refractivity contribution in [3.63, 3.8) is 0 Å². The number of fused-ring (bicyclic) bond motifs is 3. The van der Waals surface area contributed by atoms with E-state index in [9.17, 15) is 9.59 Å². The molecule has 0 amide bonds. The van der Waals surface area contributed by atoms with Gasteiger partial charge in [0.25, 0.3) is 5.56 Å². The van der Waals surface area contributed by atoms with Crippen LogP contribution in [-0.2, 0) is 16.1 Å². The molecule has 0 aliphatic carbocycles. The summed E-state index contributed by atoms with van der Waals surface area (Å²) in [5.74, 6) is 0.220. The van der Waals surface area contributed by atoms with Crippen LogP contribution in [-0.4, -0.2) is 37.0 Å². The van der Waals surface area contributed by atoms with E-state index in [0.717, 1.165) is 0 Å². The first-order valence-electron chi connectivity index (χ1n) is 7.82. The number of carbonyl (C=O) groups excluding carboxylic acids is 1. The number of thioether (sulfide) groups is 1. The zero-order valence-electron chi connectivity index (χ0n) is 14.0. The highest BCUT2D eigenvalue weighted by Crippen LogP contribution is 2.21. The molecule has 130 valence electrons. The highest BCUT2D eigenvalue weighted by Gasteiger charge is 2.17. The number of para-hydroxylation sites is 1. The van der Waals surface area contributed by atoms with Crippen molar-refractivity contribution in [2.75, 3.05) is 5.75 Å². The fraction of sp³-hybridized carbons (Fsp3) is 0.294. The number of benzene rings is 1. The maximum Gasteiger partial charge on any atom is 0.316 e. The molecule has 7 nitrogen and oxygen atoms in total. The molecule has 0 saturated heterocycles. The second kappa shape index (κ2) is 7.10. The van der Waals surface area contributed by atoms with Crippen LogP contribution in [0.25, 0.3) is 16.7 Å². The number of rotatable bonds is 6. The van der Waals surface area contributed by atoms with Crippen molar-refractivity contribution in [3.05, 3.63) is 47.3 Å². The lowest BCUT2D eigenvalue weighted by Gasteiger charge is -2.10. The molecule has 8 heteroatoms. The Morgan fingerprint density at radius 3 is 2.84 bits per heavy atom. The van der Waals surface area contributed by atoms with Gasteiger partial charge in [-0.05, 0) is 26.0 Å². The fourth-order valence-corrected chi connectivity index (χ4v) is 3.26. The van der Waals surface area contributed by atoms with Crippen molar-refractivity contribution in [3.8, 4) is 0 Å². The highest BCUT2D eigenvalue weighted by atomic mass is 32.2. The third-order valence-corrected chi connectivity index (χ3v) is 4.38. The Labute approximate surface area is 148 Å². The van der Waals surface area contributed by atoms with E-state index in [1.54, 1.807) is 30.4 Å². The Bertz CT molecular complexity index is 1010. The second-order valence-electron chi connectivity index (χ2n) is 5.67. The zero-order valence-corrected chi connectivity index (χ0v) is 14.8. The van der Waals surface area contributed by atoms with E-state index < -0.39 is 0 Å². The number of ether oxygens (including phenoxy) is 1. The molecule has 0 fully saturated rings. The molecule has 0 radical (unpaired) electrons. The summed E-state index contributed by atoms with van der Waals surface area (Å²) in [5.41, 5.74) is 0.554. The van der Waals surface area contributed by atoms with Crippen LogP contribution in [0.1, 0.15) is 13.8 Å². The van der Waals surface area contributed by atoms with Gasteiger partial charge in [-0.3, -0.25) is 18.6 Å². The molecule has 0 N–H and O–H groups in total. The summed E-state index contributed by atoms with van der Waals surface area (Å²) >= 11 is 1.23. The predicted molar refractivity (Wildman–Crippen MR) is 96.9 cm³/mol. The summed E-state index contributed by atoms with van der Waals surface area (Å²) in [7, 11) is 0. The van der Waals surface area contributed by atoms with Gasteiger partial charge in [0.2, 0.25) is 5.78 Å². The van der Waals surface area contributed by atoms with Crippen molar-refractivity contribution in [1.29, 1.82) is 0 Å². The van der Waals surface area contributed by atoms with Gasteiger partial charge in [-0.1, -0.05) is 30.0 Å². The number of carbonyl (C=O) groups is 1. The Kier molecular flexibility index (Phi) is 4.89. The average molecular weight is 358 g/mol. The Hall–Kier alpha value is -2.61. The predicted octanol–water partition coefficient (Wildman–Crippen LogP) is 2.27. The first-order valence-corrected chi connectivity index (χ1v) is 8.81. The molecule has 3 aromatic rings. The van der Waals surface area contributed by atoms with Crippen molar-refractivity contribution >= 4 is 34.4 Å². The number of aromatic nitrogens is 4. The fourth-order valence-electron chi connectivity index (χ4n) is 2.54. The van der Waals surface area contributed by atoms with Crippen molar-refractivity contribution < 1.29 is 9.53 Å². The number of allylic oxidation sites excluding steroid dienone is 1. The highest BCUT2D eigenvalue weighted by molar-refractivity contribution is 7.99. The summed E-state index contributed by atoms with van der Waals surface area (Å²) in [6.45, 7) is 7.62. The van der Waals surface area contributed by atoms with Crippen LogP contribution in [0.3, 0.4) is 0 Å². The molecule has 0 aliphatic heterocycles. The summed E-state index contributed by atoms with van der Waals surface area (Å²) in [4.78, 5) is 24.5. The molecule has 0 aliphatic rings. The van der Waals surface area contributed by atoms with Gasteiger partial charge in [-0.25, -0.2) is 0 Å². The molecule has 3 rings (SSSR count). The van der Waals surface area contributed by atoms with Gasteiger partial charge in [0.15, 0.2) is 5.16 Å². The van der Waals surface area contributed by atoms with Gasteiger partial charge in [0, 0.05) is 6.54 Å². The van der Waals surface area contributed by atoms with Gasteiger partial charge < -0.3 is 4.74 Å². The molecule has 0 spiro atoms. The smallest absolute Gasteiger partial charge is 0.316 e. The molecule has 0 unspecified atom stereocenters. The van der Waals surface area contributed by atoms with Crippen molar-refractivity contribution in [2.24, 2.45) is 0 Å². The number of hydrogen-bond donors (Lipinski definition) is 0. The minimum atomic E-state index is -0.319. The van der Waals surface area contributed by atoms with E-state index in [4.69, 9.17) is 4.74 Å². The number of nitrogens with zero attached hydrogens (tertiary/aromatic N) is 4. The lowest BCUT2D eigenvalue weighted by Crippen LogP contribution is -2.22. The normalized spacial score (nSPS) is 11.3. The van der Waals surface area contributed by atoms with E-state index in [-0.39, 0.29) is 23.4 Å². The average Bonchev–Trinajstić information content (AvgIpc) is 3.00. The largest absolute Gasteiger partial charge is 0.462 e. The maximum absolute atomic E-state index is 12.7. The SMILES string of the molecule is C=CCn1c(=O)c2ccccc2n2c(SCC(=O)OC(C)C)nnc12. The number of esters is 1. The second-order valence-corrected chi connectivity index (χ2v) is 6.61. The summed E-state index contributed by atoms with van der Waals surface area (Å²) in [6, 6.07) is 7.26. The van der Waals surface area contributed by atoms with E-state index in [2.05, 4.69) is 16.8 Å². The van der Waals surface area contributed by atoms with Crippen LogP contribution < -0.4 is 5.56 Å². The molecule has 0 bridgehead atoms. The third kappa shape index (κ3) is 3.30. The lowest BCUT2D eigenvalue weighted by atomic mass is 10.2. The van der Waals surface area contributed by atoms with E-state index in [0.29, 0.717) is 28.4 Å². The Morgan fingerprint density at radius 1 is 1.36 bits per heavy atom. The van der Waals surface area contributed by atoms with Crippen LogP contribution in [0.15, 0.2) is 46.9 Å². The first-order chi connectivity index (χ1) is 12.0. The zero-order chi connectivity index (χ0) is 18.0. The molecule has 0 atom stereocenters. The maximum atomic E-state index is 12.7. The summed E-state index contributed by atoms with van der Waals surface area (Å²) in [6.07, 6.45) is 1.47. The monoisotopic (exact) mass is 358 g/mol. The third-order valence-electron chi connectivity index (χ3n) is 3.48. The van der Waals surface area contributed by atoms with Crippen LogP contribution >= 0.6 is 11.8 Å². The van der Waals surface area contributed by atoms with Gasteiger partial charge in [-0.15, -0.1) is 16.8 Å². The minimum Gasteiger partial charge on any atom is -0.462 e. The molecule has 2 aromatic heterocycles. The minimum absolute atomic E-state index is 0.119. The topological polar surface area (TPSA) is 78.5 Å². The van der Waals surface area contributed by atoms with Crippen LogP contribution in [0, 0.1) is 0 Å². The van der Waals surface area contributed by atoms with Crippen LogP contribution in [0.2, 0.25) is 0 Å². The van der Waals surface area contributed by atoms with Gasteiger partial charge >= 0.3 is 5.97 Å². The summed E-state index contributed by atoms with van der Waals surface area (Å²) in [5, 5.41) is 9.39. The van der Waals surface area contributed by atoms with Crippen molar-refractivity contribution in [1.82, 2.24) is 19.2 Å². The molecule has 25 heavy (non-hydrogen) atoms. The van der Waals surface area contributed by atoms with Crippen LogP contribution in [0.5, 0.6) is 0 Å². The standard InChI is InChI=1S/C17H18N4O3S/c1-4-9-20-15(23)12-7-5-6-8-13(12)21-16(20)18-19-17(21)25-10-14(22)24-11(2)3/h4-8,11H,1,9-10H2,2-3H3.